The molecule has 0 spiro atoms. The van der Waals surface area contributed by atoms with Crippen molar-refractivity contribution in [2.24, 2.45) is 4.99 Å². The average Bonchev–Trinajstić information content (AvgIpc) is 3.26. The molecule has 1 fully saturated rings. The van der Waals surface area contributed by atoms with E-state index in [9.17, 15) is 4.79 Å². The van der Waals surface area contributed by atoms with Gasteiger partial charge in [-0.1, -0.05) is 18.2 Å². The quantitative estimate of drug-likeness (QED) is 0.592. The Balaban J connectivity index is 1.79. The number of benzene rings is 2. The number of carbonyl (C=O) groups excluding carboxylic acids is 1. The number of aliphatic imine (C=N–C) groups is 1. The molecule has 0 unspecified atom stereocenters. The van der Waals surface area contributed by atoms with Crippen molar-refractivity contribution in [3.8, 4) is 11.5 Å². The van der Waals surface area contributed by atoms with Gasteiger partial charge in [0.05, 0.1) is 26.9 Å². The third kappa shape index (κ3) is 5.47. The molecule has 28 heavy (non-hydrogen) atoms. The number of guanidine groups is 1. The van der Waals surface area contributed by atoms with E-state index in [4.69, 9.17) is 14.2 Å². The Morgan fingerprint density at radius 2 is 1.86 bits per heavy atom. The molecule has 1 atom stereocenters. The fraction of sp³-hybridized carbons (Fsp3) is 0.333. The number of rotatable bonds is 6. The Bertz CT molecular complexity index is 795. The first kappa shape index (κ1) is 19.7. The highest BCUT2D eigenvalue weighted by atomic mass is 16.5. The van der Waals surface area contributed by atoms with Crippen LogP contribution in [0.1, 0.15) is 23.2 Å². The summed E-state index contributed by atoms with van der Waals surface area (Å²) in [4.78, 5) is 17.1. The molecule has 1 heterocycles. The predicted octanol–water partition coefficient (Wildman–Crippen LogP) is 3.08. The molecule has 0 radical (unpaired) electrons. The maximum absolute atomic E-state index is 12.6. The monoisotopic (exact) mass is 383 g/mol. The maximum Gasteiger partial charge on any atom is 0.257 e. The number of hydrogen-bond donors (Lipinski definition) is 2. The molecule has 0 bridgehead atoms. The summed E-state index contributed by atoms with van der Waals surface area (Å²) in [5, 5.41) is 6.00. The van der Waals surface area contributed by atoms with Gasteiger partial charge in [0.2, 0.25) is 5.96 Å². The number of nitrogens with one attached hydrogen (secondary N) is 2. The van der Waals surface area contributed by atoms with Gasteiger partial charge >= 0.3 is 0 Å². The van der Waals surface area contributed by atoms with Crippen LogP contribution in [0.25, 0.3) is 0 Å². The molecule has 1 amide bonds. The van der Waals surface area contributed by atoms with Crippen LogP contribution < -0.4 is 20.1 Å². The lowest BCUT2D eigenvalue weighted by molar-refractivity contribution is 0.0975. The number of nitrogens with zero attached hydrogens (tertiary/aromatic N) is 1. The van der Waals surface area contributed by atoms with E-state index in [2.05, 4.69) is 15.6 Å². The molecular weight excluding hydrogens is 358 g/mol. The van der Waals surface area contributed by atoms with Crippen LogP contribution in [0, 0.1) is 0 Å². The Labute approximate surface area is 164 Å². The third-order valence-corrected chi connectivity index (χ3v) is 4.36. The molecule has 0 aliphatic carbocycles. The normalized spacial score (nSPS) is 16.5. The Morgan fingerprint density at radius 3 is 2.46 bits per heavy atom. The molecule has 2 aromatic rings. The lowest BCUT2D eigenvalue weighted by Gasteiger charge is -2.15. The summed E-state index contributed by atoms with van der Waals surface area (Å²) in [6.07, 6.45) is 2.08. The van der Waals surface area contributed by atoms with E-state index >= 15 is 0 Å². The van der Waals surface area contributed by atoms with Crippen LogP contribution in [0.15, 0.2) is 53.5 Å². The van der Waals surface area contributed by atoms with Crippen molar-refractivity contribution in [1.82, 2.24) is 5.32 Å². The van der Waals surface area contributed by atoms with E-state index in [1.54, 1.807) is 44.6 Å². The topological polar surface area (TPSA) is 81.2 Å². The van der Waals surface area contributed by atoms with Crippen LogP contribution in [-0.2, 0) is 4.74 Å². The lowest BCUT2D eigenvalue weighted by Crippen LogP contribution is -2.36. The van der Waals surface area contributed by atoms with E-state index in [-0.39, 0.29) is 12.0 Å². The summed E-state index contributed by atoms with van der Waals surface area (Å²) in [5.74, 6) is 1.37. The second-order valence-corrected chi connectivity index (χ2v) is 6.37. The van der Waals surface area contributed by atoms with Crippen molar-refractivity contribution >= 4 is 17.6 Å². The zero-order valence-electron chi connectivity index (χ0n) is 16.1. The van der Waals surface area contributed by atoms with E-state index in [0.29, 0.717) is 35.3 Å². The van der Waals surface area contributed by atoms with Crippen LogP contribution >= 0.6 is 0 Å². The highest BCUT2D eigenvalue weighted by molar-refractivity contribution is 6.10. The average molecular weight is 383 g/mol. The number of amides is 1. The highest BCUT2D eigenvalue weighted by Gasteiger charge is 2.16. The van der Waals surface area contributed by atoms with Gasteiger partial charge in [-0.15, -0.1) is 0 Å². The van der Waals surface area contributed by atoms with Crippen LogP contribution in [0.4, 0.5) is 5.69 Å². The molecule has 0 saturated carbocycles. The molecule has 3 rings (SSSR count). The van der Waals surface area contributed by atoms with E-state index < -0.39 is 0 Å². The third-order valence-electron chi connectivity index (χ3n) is 4.36. The smallest absolute Gasteiger partial charge is 0.257 e. The van der Waals surface area contributed by atoms with Gasteiger partial charge in [0.1, 0.15) is 11.5 Å². The molecule has 1 saturated heterocycles. The largest absolute Gasteiger partial charge is 0.497 e. The summed E-state index contributed by atoms with van der Waals surface area (Å²) in [6, 6.07) is 14.4. The van der Waals surface area contributed by atoms with Gasteiger partial charge in [-0.25, -0.2) is 4.99 Å². The number of carbonyl (C=O) groups is 1. The van der Waals surface area contributed by atoms with Gasteiger partial charge in [0.15, 0.2) is 0 Å². The SMILES string of the molecule is COc1cc(NC(=NC[C@@H]2CCCO2)NC(=O)c2ccccc2)cc(OC)c1. The minimum absolute atomic E-state index is 0.0743. The van der Waals surface area contributed by atoms with Gasteiger partial charge in [-0.2, -0.15) is 0 Å². The molecule has 2 N–H and O–H groups in total. The molecule has 7 heteroatoms. The van der Waals surface area contributed by atoms with Crippen molar-refractivity contribution in [3.63, 3.8) is 0 Å². The summed E-state index contributed by atoms with van der Waals surface area (Å²) in [5.41, 5.74) is 1.24. The highest BCUT2D eigenvalue weighted by Crippen LogP contribution is 2.25. The Morgan fingerprint density at radius 1 is 1.14 bits per heavy atom. The second-order valence-electron chi connectivity index (χ2n) is 6.37. The van der Waals surface area contributed by atoms with Crippen molar-refractivity contribution in [3.05, 3.63) is 54.1 Å². The van der Waals surface area contributed by atoms with Gasteiger partial charge in [-0.3, -0.25) is 10.1 Å². The van der Waals surface area contributed by atoms with Crippen molar-refractivity contribution in [2.75, 3.05) is 32.7 Å². The lowest BCUT2D eigenvalue weighted by atomic mass is 10.2. The van der Waals surface area contributed by atoms with Crippen LogP contribution in [0.5, 0.6) is 11.5 Å². The zero-order chi connectivity index (χ0) is 19.8. The zero-order valence-corrected chi connectivity index (χ0v) is 16.1. The first-order valence-electron chi connectivity index (χ1n) is 9.20. The molecule has 2 aromatic carbocycles. The molecule has 7 nitrogen and oxygen atoms in total. The van der Waals surface area contributed by atoms with Crippen LogP contribution in [0.3, 0.4) is 0 Å². The first-order valence-corrected chi connectivity index (χ1v) is 9.20. The van der Waals surface area contributed by atoms with Gasteiger partial charge < -0.3 is 19.5 Å². The van der Waals surface area contributed by atoms with Crippen molar-refractivity contribution in [2.45, 2.75) is 18.9 Å². The van der Waals surface area contributed by atoms with Crippen LogP contribution in [0.2, 0.25) is 0 Å². The second kappa shape index (κ2) is 9.75. The number of methoxy groups -OCH3 is 2. The molecular formula is C21H25N3O4. The molecule has 1 aliphatic rings. The van der Waals surface area contributed by atoms with Gasteiger partial charge in [0, 0.05) is 36.1 Å². The first-order chi connectivity index (χ1) is 13.7. The maximum atomic E-state index is 12.6. The van der Waals surface area contributed by atoms with Crippen molar-refractivity contribution < 1.29 is 19.0 Å². The fourth-order valence-electron chi connectivity index (χ4n) is 2.88. The summed E-state index contributed by atoms with van der Waals surface area (Å²) >= 11 is 0. The van der Waals surface area contributed by atoms with E-state index in [0.717, 1.165) is 19.4 Å². The predicted molar refractivity (Wildman–Crippen MR) is 108 cm³/mol. The van der Waals surface area contributed by atoms with E-state index in [1.807, 2.05) is 18.2 Å². The van der Waals surface area contributed by atoms with Gasteiger partial charge in [0.25, 0.3) is 5.91 Å². The summed E-state index contributed by atoms with van der Waals surface area (Å²) in [6.45, 7) is 1.23. The van der Waals surface area contributed by atoms with Gasteiger partial charge in [-0.05, 0) is 25.0 Å². The number of anilines is 1. The fourth-order valence-corrected chi connectivity index (χ4v) is 2.88. The number of ether oxygens (including phenoxy) is 3. The van der Waals surface area contributed by atoms with E-state index in [1.165, 1.54) is 0 Å². The molecule has 0 aromatic heterocycles. The summed E-state index contributed by atoms with van der Waals surface area (Å²) < 4.78 is 16.2. The van der Waals surface area contributed by atoms with Crippen LogP contribution in [-0.4, -0.2) is 45.3 Å². The minimum Gasteiger partial charge on any atom is -0.497 e. The minimum atomic E-state index is -0.242. The Hall–Kier alpha value is -3.06. The Kier molecular flexibility index (Phi) is 6.86. The standard InChI is InChI=1S/C21H25N3O4/c1-26-18-11-16(12-19(13-18)27-2)23-21(22-14-17-9-6-10-28-17)24-20(25)15-7-4-3-5-8-15/h3-5,7-8,11-13,17H,6,9-10,14H2,1-2H3,(H2,22,23,24,25)/t17-/m0/s1. The number of hydrogen-bond acceptors (Lipinski definition) is 5. The summed E-state index contributed by atoms with van der Waals surface area (Å²) in [7, 11) is 3.17. The molecule has 1 aliphatic heterocycles. The van der Waals surface area contributed by atoms with Crippen molar-refractivity contribution in [1.29, 1.82) is 0 Å². The molecule has 148 valence electrons.